The predicted octanol–water partition coefficient (Wildman–Crippen LogP) is 2.21. The van der Waals surface area contributed by atoms with Crippen molar-refractivity contribution in [2.75, 3.05) is 13.4 Å². The van der Waals surface area contributed by atoms with Crippen LogP contribution in [-0.4, -0.2) is 59.5 Å². The van der Waals surface area contributed by atoms with E-state index >= 15 is 4.39 Å². The molecule has 174 valence electrons. The quantitative estimate of drug-likeness (QED) is 0.661. The molecule has 5 rings (SSSR count). The summed E-state index contributed by atoms with van der Waals surface area (Å²) in [6, 6.07) is 0. The van der Waals surface area contributed by atoms with Crippen LogP contribution in [0.2, 0.25) is 0 Å². The van der Waals surface area contributed by atoms with Gasteiger partial charge in [0.1, 0.15) is 6.79 Å². The van der Waals surface area contributed by atoms with E-state index in [0.29, 0.717) is 24.8 Å². The maximum absolute atomic E-state index is 17.1. The molecule has 5 aliphatic rings. The molecule has 0 aromatic rings. The van der Waals surface area contributed by atoms with Gasteiger partial charge in [-0.2, -0.15) is 0 Å². The van der Waals surface area contributed by atoms with Gasteiger partial charge in [-0.15, -0.1) is 0 Å². The summed E-state index contributed by atoms with van der Waals surface area (Å²) >= 11 is 0. The summed E-state index contributed by atoms with van der Waals surface area (Å²) in [5.41, 5.74) is -4.67. The Kier molecular flexibility index (Phi) is 4.66. The first-order valence-corrected chi connectivity index (χ1v) is 11.2. The van der Waals surface area contributed by atoms with Crippen molar-refractivity contribution in [3.8, 4) is 0 Å². The van der Waals surface area contributed by atoms with Gasteiger partial charge in [0.05, 0.1) is 12.2 Å². The Morgan fingerprint density at radius 2 is 2.06 bits per heavy atom. The zero-order valence-corrected chi connectivity index (χ0v) is 18.6. The van der Waals surface area contributed by atoms with Gasteiger partial charge in [0.15, 0.2) is 23.7 Å². The first-order chi connectivity index (χ1) is 15.0. The highest BCUT2D eigenvalue weighted by atomic mass is 19.1. The third-order valence-electron chi connectivity index (χ3n) is 9.18. The maximum Gasteiger partial charge on any atom is 0.303 e. The van der Waals surface area contributed by atoms with Crippen LogP contribution < -0.4 is 0 Å². The largest absolute Gasteiger partial charge is 0.458 e. The lowest BCUT2D eigenvalue weighted by Crippen LogP contribution is -2.69. The van der Waals surface area contributed by atoms with Crippen LogP contribution in [0.5, 0.6) is 0 Å². The normalized spacial score (nSPS) is 48.9. The van der Waals surface area contributed by atoms with Crippen LogP contribution in [0.15, 0.2) is 23.8 Å². The topological polar surface area (TPSA) is 99.1 Å². The molecule has 8 atom stereocenters. The van der Waals surface area contributed by atoms with Gasteiger partial charge < -0.3 is 19.3 Å². The Labute approximate surface area is 186 Å². The number of halogens is 1. The molecule has 0 amide bonds. The first-order valence-electron chi connectivity index (χ1n) is 11.2. The molecule has 4 fully saturated rings. The lowest BCUT2D eigenvalue weighted by molar-refractivity contribution is -0.222. The van der Waals surface area contributed by atoms with Crippen molar-refractivity contribution >= 4 is 17.5 Å². The van der Waals surface area contributed by atoms with Crippen molar-refractivity contribution in [3.05, 3.63) is 23.8 Å². The van der Waals surface area contributed by atoms with E-state index in [2.05, 4.69) is 0 Å². The number of hydrogen-bond acceptors (Lipinski definition) is 7. The van der Waals surface area contributed by atoms with Crippen LogP contribution in [0, 0.1) is 22.7 Å². The van der Waals surface area contributed by atoms with E-state index in [4.69, 9.17) is 14.2 Å². The molecule has 4 aliphatic carbocycles. The summed E-state index contributed by atoms with van der Waals surface area (Å²) in [6.07, 6.45) is 3.94. The van der Waals surface area contributed by atoms with Gasteiger partial charge in [-0.1, -0.05) is 18.6 Å². The number of ketones is 2. The minimum atomic E-state index is -1.99. The Bertz CT molecular complexity index is 958. The highest BCUT2D eigenvalue weighted by Gasteiger charge is 2.78. The molecular weight excluding hydrogens is 419 g/mol. The van der Waals surface area contributed by atoms with Crippen LogP contribution in [-0.2, 0) is 28.6 Å². The third-order valence-corrected chi connectivity index (χ3v) is 9.18. The summed E-state index contributed by atoms with van der Waals surface area (Å²) in [7, 11) is 0. The summed E-state index contributed by atoms with van der Waals surface area (Å²) in [4.78, 5) is 36.6. The fourth-order valence-electron chi connectivity index (χ4n) is 7.69. The molecule has 0 bridgehead atoms. The minimum Gasteiger partial charge on any atom is -0.458 e. The van der Waals surface area contributed by atoms with Gasteiger partial charge in [0.25, 0.3) is 0 Å². The first kappa shape index (κ1) is 21.9. The molecule has 1 N–H and O–H groups in total. The SMILES string of the molecule is CC(=O)OCC(=O)[C@@]12OCO[C@@H]1C[C@H]1[C@@H]3CCC4=CC(=O)C=C[C@]4(C)[C@@]3(F)[C@@H](O)C[C@@]12C. The molecule has 0 unspecified atom stereocenters. The highest BCUT2D eigenvalue weighted by molar-refractivity contribution is 6.01. The molecule has 8 heteroatoms. The number of carbonyl (C=O) groups is 3. The number of fused-ring (bicyclic) bond motifs is 7. The average Bonchev–Trinajstić information content (AvgIpc) is 3.25. The number of allylic oxidation sites excluding steroid dienone is 4. The second kappa shape index (κ2) is 6.81. The summed E-state index contributed by atoms with van der Waals surface area (Å²) in [6.45, 7) is 4.33. The van der Waals surface area contributed by atoms with E-state index in [9.17, 15) is 19.5 Å². The van der Waals surface area contributed by atoms with Crippen molar-refractivity contribution in [1.82, 2.24) is 0 Å². The number of rotatable bonds is 3. The van der Waals surface area contributed by atoms with E-state index in [-0.39, 0.29) is 24.9 Å². The van der Waals surface area contributed by atoms with E-state index in [1.54, 1.807) is 13.0 Å². The molecule has 7 nitrogen and oxygen atoms in total. The Balaban J connectivity index is 1.57. The van der Waals surface area contributed by atoms with E-state index < -0.39 is 58.6 Å². The minimum absolute atomic E-state index is 0.000987. The number of hydrogen-bond donors (Lipinski definition) is 1. The van der Waals surface area contributed by atoms with Gasteiger partial charge in [0.2, 0.25) is 5.78 Å². The molecule has 1 aliphatic heterocycles. The molecule has 0 aromatic heterocycles. The van der Waals surface area contributed by atoms with E-state index in [1.807, 2.05) is 6.92 Å². The van der Waals surface area contributed by atoms with Crippen LogP contribution in [0.25, 0.3) is 0 Å². The molecule has 1 heterocycles. The van der Waals surface area contributed by atoms with Crippen LogP contribution >= 0.6 is 0 Å². The van der Waals surface area contributed by atoms with Crippen LogP contribution in [0.4, 0.5) is 4.39 Å². The predicted molar refractivity (Wildman–Crippen MR) is 109 cm³/mol. The van der Waals surface area contributed by atoms with Crippen molar-refractivity contribution in [2.45, 2.75) is 69.9 Å². The summed E-state index contributed by atoms with van der Waals surface area (Å²) < 4.78 is 33.9. The van der Waals surface area contributed by atoms with Crippen LogP contribution in [0.3, 0.4) is 0 Å². The lowest BCUT2D eigenvalue weighted by Gasteiger charge is -2.62. The fraction of sp³-hybridized carbons (Fsp3) is 0.708. The van der Waals surface area contributed by atoms with Crippen molar-refractivity contribution in [2.24, 2.45) is 22.7 Å². The molecule has 3 saturated carbocycles. The highest BCUT2D eigenvalue weighted by Crippen LogP contribution is 2.71. The number of carbonyl (C=O) groups excluding carboxylic acids is 3. The number of alkyl halides is 1. The van der Waals surface area contributed by atoms with Crippen molar-refractivity contribution in [3.63, 3.8) is 0 Å². The van der Waals surface area contributed by atoms with Gasteiger partial charge in [-0.05, 0) is 50.7 Å². The monoisotopic (exact) mass is 448 g/mol. The molecular formula is C24H29FO7. The van der Waals surface area contributed by atoms with Gasteiger partial charge >= 0.3 is 5.97 Å². The number of ether oxygens (including phenoxy) is 3. The lowest BCUT2D eigenvalue weighted by atomic mass is 9.44. The molecule has 0 radical (unpaired) electrons. The van der Waals surface area contributed by atoms with Crippen LogP contribution in [0.1, 0.15) is 46.5 Å². The summed E-state index contributed by atoms with van der Waals surface area (Å²) in [5, 5.41) is 11.4. The number of aliphatic hydroxyl groups excluding tert-OH is 1. The smallest absolute Gasteiger partial charge is 0.303 e. The van der Waals surface area contributed by atoms with Gasteiger partial charge in [0, 0.05) is 23.7 Å². The zero-order valence-electron chi connectivity index (χ0n) is 18.6. The molecule has 0 spiro atoms. The Morgan fingerprint density at radius 1 is 1.31 bits per heavy atom. The van der Waals surface area contributed by atoms with E-state index in [1.165, 1.54) is 19.1 Å². The molecule has 32 heavy (non-hydrogen) atoms. The fourth-order valence-corrected chi connectivity index (χ4v) is 7.69. The third kappa shape index (κ3) is 2.43. The van der Waals surface area contributed by atoms with E-state index in [0.717, 1.165) is 0 Å². The number of Topliss-reactive ketones (excluding diaryl/α,β-unsaturated/α-hetero) is 1. The molecule has 1 saturated heterocycles. The Hall–Kier alpha value is -1.90. The number of esters is 1. The van der Waals surface area contributed by atoms with Crippen molar-refractivity contribution in [1.29, 1.82) is 0 Å². The Morgan fingerprint density at radius 3 is 2.78 bits per heavy atom. The van der Waals surface area contributed by atoms with Gasteiger partial charge in [-0.3, -0.25) is 14.4 Å². The standard InChI is InChI=1S/C24H29FO7/c1-13(26)30-11-19(29)24-20(31-12-32-24)9-17-16-5-4-14-8-15(27)6-7-21(14,2)23(16,25)18(28)10-22(17,24)3/h6-8,16-18,20,28H,4-5,9-12H2,1-3H3/t16-,17-,18-,20+,21-,22-,23-,24+/m0/s1. The zero-order chi connectivity index (χ0) is 23.1. The number of aliphatic hydroxyl groups is 1. The second-order valence-corrected chi connectivity index (χ2v) is 10.4. The maximum atomic E-state index is 17.1. The average molecular weight is 448 g/mol. The van der Waals surface area contributed by atoms with Gasteiger partial charge in [-0.25, -0.2) is 4.39 Å². The second-order valence-electron chi connectivity index (χ2n) is 10.4. The van der Waals surface area contributed by atoms with Crippen molar-refractivity contribution < 1.29 is 38.1 Å². The molecule has 0 aromatic carbocycles. The summed E-state index contributed by atoms with van der Waals surface area (Å²) in [5.74, 6) is -1.99.